The van der Waals surface area contributed by atoms with Crippen LogP contribution >= 0.6 is 11.8 Å². The van der Waals surface area contributed by atoms with Gasteiger partial charge < -0.3 is 15.3 Å². The molecule has 8 heteroatoms. The fraction of sp³-hybridized carbons (Fsp3) is 0.125. The number of ether oxygens (including phenoxy) is 2. The van der Waals surface area contributed by atoms with E-state index in [4.69, 9.17) is 15.3 Å². The second kappa shape index (κ2) is 9.45. The molecule has 4 rings (SSSR count). The van der Waals surface area contributed by atoms with Crippen molar-refractivity contribution in [2.75, 3.05) is 20.1 Å². The first-order chi connectivity index (χ1) is 15.6. The molecular formula is C24H21N5O2S. The Labute approximate surface area is 190 Å². The predicted molar refractivity (Wildman–Crippen MR) is 125 cm³/mol. The molecule has 7 nitrogen and oxygen atoms in total. The Hall–Kier alpha value is -3.96. The van der Waals surface area contributed by atoms with Gasteiger partial charge in [0.15, 0.2) is 17.3 Å². The van der Waals surface area contributed by atoms with Crippen LogP contribution < -0.4 is 15.3 Å². The third-order valence-electron chi connectivity index (χ3n) is 4.99. The maximum Gasteiger partial charge on any atom is 0.210 e. The maximum absolute atomic E-state index is 9.32. The van der Waals surface area contributed by atoms with Gasteiger partial charge in [0.2, 0.25) is 5.16 Å². The van der Waals surface area contributed by atoms with Crippen molar-refractivity contribution in [1.29, 1.82) is 5.26 Å². The molecule has 0 amide bonds. The monoisotopic (exact) mass is 443 g/mol. The highest BCUT2D eigenvalue weighted by Gasteiger charge is 2.15. The number of aromatic nitrogens is 3. The van der Waals surface area contributed by atoms with E-state index < -0.39 is 0 Å². The van der Waals surface area contributed by atoms with E-state index in [1.165, 1.54) is 16.4 Å². The molecule has 0 saturated carbocycles. The van der Waals surface area contributed by atoms with Crippen molar-refractivity contribution in [2.24, 2.45) is 0 Å². The first-order valence-corrected chi connectivity index (χ1v) is 10.8. The Kier molecular flexibility index (Phi) is 6.29. The van der Waals surface area contributed by atoms with Gasteiger partial charge in [-0.15, -0.1) is 10.2 Å². The lowest BCUT2D eigenvalue weighted by atomic mass is 10.00. The molecule has 2 N–H and O–H groups in total. The molecule has 0 radical (unpaired) electrons. The van der Waals surface area contributed by atoms with Gasteiger partial charge >= 0.3 is 0 Å². The van der Waals surface area contributed by atoms with Crippen molar-refractivity contribution in [3.05, 3.63) is 77.9 Å². The zero-order valence-corrected chi connectivity index (χ0v) is 18.5. The summed E-state index contributed by atoms with van der Waals surface area (Å²) in [5, 5.41) is 18.4. The van der Waals surface area contributed by atoms with E-state index in [9.17, 15) is 5.26 Å². The molecule has 0 aliphatic carbocycles. The van der Waals surface area contributed by atoms with Crippen LogP contribution in [0.3, 0.4) is 0 Å². The minimum absolute atomic E-state index is 0.539. The summed E-state index contributed by atoms with van der Waals surface area (Å²) in [5.41, 5.74) is 4.49. The molecule has 32 heavy (non-hydrogen) atoms. The fourth-order valence-corrected chi connectivity index (χ4v) is 4.12. The Balaban J connectivity index is 1.48. The van der Waals surface area contributed by atoms with Crippen LogP contribution in [-0.4, -0.2) is 29.1 Å². The Morgan fingerprint density at radius 2 is 1.66 bits per heavy atom. The molecule has 0 aliphatic rings. The quantitative estimate of drug-likeness (QED) is 0.331. The summed E-state index contributed by atoms with van der Waals surface area (Å²) >= 11 is 1.50. The average molecular weight is 444 g/mol. The lowest BCUT2D eigenvalue weighted by Crippen LogP contribution is -2.11. The highest BCUT2D eigenvalue weighted by atomic mass is 32.2. The van der Waals surface area contributed by atoms with Crippen molar-refractivity contribution in [1.82, 2.24) is 14.9 Å². The first-order valence-electron chi connectivity index (χ1n) is 9.78. The minimum atomic E-state index is 0.539. The van der Waals surface area contributed by atoms with Crippen LogP contribution in [0.5, 0.6) is 11.5 Å². The number of hydrogen-bond acceptors (Lipinski definition) is 7. The number of nitrogens with two attached hydrogens (primary N) is 1. The van der Waals surface area contributed by atoms with Gasteiger partial charge in [0.05, 0.1) is 25.9 Å². The highest BCUT2D eigenvalue weighted by Crippen LogP contribution is 2.32. The average Bonchev–Trinajstić information content (AvgIpc) is 3.22. The summed E-state index contributed by atoms with van der Waals surface area (Å²) in [7, 11) is 3.17. The summed E-state index contributed by atoms with van der Waals surface area (Å²) in [6.45, 7) is 0. The van der Waals surface area contributed by atoms with Gasteiger partial charge in [0.25, 0.3) is 0 Å². The lowest BCUT2D eigenvalue weighted by molar-refractivity contribution is 0.355. The summed E-state index contributed by atoms with van der Waals surface area (Å²) < 4.78 is 12.1. The molecule has 0 spiro atoms. The molecule has 0 unspecified atom stereocenters. The molecule has 1 heterocycles. The molecule has 0 atom stereocenters. The van der Waals surface area contributed by atoms with Crippen molar-refractivity contribution < 1.29 is 9.47 Å². The number of methoxy groups -OCH3 is 2. The van der Waals surface area contributed by atoms with Crippen molar-refractivity contribution in [3.63, 3.8) is 0 Å². The fourth-order valence-electron chi connectivity index (χ4n) is 3.31. The van der Waals surface area contributed by atoms with Crippen LogP contribution in [0.15, 0.2) is 71.9 Å². The molecule has 1 aromatic heterocycles. The van der Waals surface area contributed by atoms with Gasteiger partial charge in [-0.1, -0.05) is 54.2 Å². The van der Waals surface area contributed by atoms with Crippen LogP contribution in [0.2, 0.25) is 0 Å². The predicted octanol–water partition coefficient (Wildman–Crippen LogP) is 4.51. The molecule has 0 fully saturated rings. The van der Waals surface area contributed by atoms with Gasteiger partial charge in [0, 0.05) is 11.3 Å². The van der Waals surface area contributed by atoms with E-state index in [1.807, 2.05) is 66.7 Å². The molecular weight excluding hydrogens is 422 g/mol. The van der Waals surface area contributed by atoms with E-state index in [1.54, 1.807) is 14.2 Å². The third-order valence-corrected chi connectivity index (χ3v) is 6.00. The second-order valence-electron chi connectivity index (χ2n) is 6.89. The van der Waals surface area contributed by atoms with Gasteiger partial charge in [-0.25, -0.2) is 4.68 Å². The van der Waals surface area contributed by atoms with Crippen molar-refractivity contribution in [3.8, 4) is 40.1 Å². The van der Waals surface area contributed by atoms with Crippen LogP contribution in [-0.2, 0) is 5.75 Å². The van der Waals surface area contributed by atoms with E-state index in [0.717, 1.165) is 22.3 Å². The smallest absolute Gasteiger partial charge is 0.210 e. The highest BCUT2D eigenvalue weighted by molar-refractivity contribution is 7.98. The number of nitrogens with zero attached hydrogens (tertiary/aromatic N) is 4. The SMILES string of the molecule is COc1ccc(-c2nnc(SCc3ccc(-c4ccccc4C#N)cc3)n2N)cc1OC. The number of nitrogen functional groups attached to an aromatic ring is 1. The number of benzene rings is 3. The van der Waals surface area contributed by atoms with E-state index >= 15 is 0 Å². The van der Waals surface area contributed by atoms with Gasteiger partial charge in [-0.3, -0.25) is 0 Å². The molecule has 0 aliphatic heterocycles. The normalized spacial score (nSPS) is 10.5. The summed E-state index contributed by atoms with van der Waals surface area (Å²) in [5.74, 6) is 8.71. The van der Waals surface area contributed by atoms with Crippen LogP contribution in [0.1, 0.15) is 11.1 Å². The van der Waals surface area contributed by atoms with Crippen LogP contribution in [0, 0.1) is 11.3 Å². The Morgan fingerprint density at radius 1 is 0.938 bits per heavy atom. The van der Waals surface area contributed by atoms with Gasteiger partial charge in [0.1, 0.15) is 0 Å². The van der Waals surface area contributed by atoms with E-state index in [0.29, 0.717) is 33.8 Å². The maximum atomic E-state index is 9.32. The molecule has 160 valence electrons. The van der Waals surface area contributed by atoms with E-state index in [-0.39, 0.29) is 0 Å². The molecule has 4 aromatic rings. The summed E-state index contributed by atoms with van der Waals surface area (Å²) in [4.78, 5) is 0. The summed E-state index contributed by atoms with van der Waals surface area (Å²) in [6.07, 6.45) is 0. The van der Waals surface area contributed by atoms with Crippen molar-refractivity contribution in [2.45, 2.75) is 10.9 Å². The number of hydrogen-bond donors (Lipinski definition) is 1. The standard InChI is InChI=1S/C24H21N5O2S/c1-30-21-12-11-18(13-22(21)31-2)23-27-28-24(29(23)26)32-15-16-7-9-17(10-8-16)20-6-4-3-5-19(20)14-25/h3-13H,15,26H2,1-2H3. The third kappa shape index (κ3) is 4.24. The van der Waals surface area contributed by atoms with Crippen molar-refractivity contribution >= 4 is 11.8 Å². The lowest BCUT2D eigenvalue weighted by Gasteiger charge is -2.09. The molecule has 0 saturated heterocycles. The Bertz CT molecular complexity index is 1280. The van der Waals surface area contributed by atoms with Crippen LogP contribution in [0.25, 0.3) is 22.5 Å². The summed E-state index contributed by atoms with van der Waals surface area (Å²) in [6, 6.07) is 23.4. The number of rotatable bonds is 7. The zero-order valence-electron chi connectivity index (χ0n) is 17.6. The molecule has 3 aromatic carbocycles. The largest absolute Gasteiger partial charge is 0.493 e. The number of thioether (sulfide) groups is 1. The first kappa shape index (κ1) is 21.3. The molecule has 0 bridgehead atoms. The second-order valence-corrected chi connectivity index (χ2v) is 7.83. The number of nitriles is 1. The van der Waals surface area contributed by atoms with E-state index in [2.05, 4.69) is 16.3 Å². The van der Waals surface area contributed by atoms with Crippen LogP contribution in [0.4, 0.5) is 0 Å². The topological polar surface area (TPSA) is 99.0 Å². The van der Waals surface area contributed by atoms with Gasteiger partial charge in [-0.05, 0) is 41.0 Å². The minimum Gasteiger partial charge on any atom is -0.493 e. The van der Waals surface area contributed by atoms with Gasteiger partial charge in [-0.2, -0.15) is 5.26 Å². The Morgan fingerprint density at radius 3 is 2.38 bits per heavy atom. The zero-order chi connectivity index (χ0) is 22.5.